The van der Waals surface area contributed by atoms with Crippen LogP contribution in [-0.4, -0.2) is 31.7 Å². The molecule has 1 heterocycles. The molecule has 0 aromatic heterocycles. The van der Waals surface area contributed by atoms with E-state index in [-0.39, 0.29) is 11.5 Å². The SMILES string of the molecule is Cc1ccc(/C=C/C(=O)NNC(=O)[C@@H]2CCS(=O)(=O)C2)cc1. The minimum Gasteiger partial charge on any atom is -0.273 e. The predicted molar refractivity (Wildman–Crippen MR) is 83.3 cm³/mol. The summed E-state index contributed by atoms with van der Waals surface area (Å²) in [5.74, 6) is -1.68. The molecule has 2 N–H and O–H groups in total. The first kappa shape index (κ1) is 16.2. The fourth-order valence-corrected chi connectivity index (χ4v) is 3.86. The maximum Gasteiger partial charge on any atom is 0.262 e. The van der Waals surface area contributed by atoms with Gasteiger partial charge in [-0.05, 0) is 25.0 Å². The van der Waals surface area contributed by atoms with Gasteiger partial charge in [-0.3, -0.25) is 20.4 Å². The van der Waals surface area contributed by atoms with Crippen LogP contribution in [0.4, 0.5) is 0 Å². The van der Waals surface area contributed by atoms with Gasteiger partial charge in [0.25, 0.3) is 5.91 Å². The van der Waals surface area contributed by atoms with E-state index in [2.05, 4.69) is 10.9 Å². The second-order valence-electron chi connectivity index (χ2n) is 5.32. The minimum absolute atomic E-state index is 0.0202. The number of aryl methyl sites for hydroxylation is 1. The maximum absolute atomic E-state index is 11.7. The van der Waals surface area contributed by atoms with Crippen LogP contribution in [0.15, 0.2) is 30.3 Å². The van der Waals surface area contributed by atoms with Crippen LogP contribution in [0.1, 0.15) is 17.5 Å². The van der Waals surface area contributed by atoms with Gasteiger partial charge in [-0.15, -0.1) is 0 Å². The van der Waals surface area contributed by atoms with E-state index in [0.717, 1.165) is 11.1 Å². The van der Waals surface area contributed by atoms with Gasteiger partial charge in [0.1, 0.15) is 0 Å². The van der Waals surface area contributed by atoms with Crippen molar-refractivity contribution < 1.29 is 18.0 Å². The molecule has 118 valence electrons. The van der Waals surface area contributed by atoms with E-state index in [4.69, 9.17) is 0 Å². The Kier molecular flexibility index (Phi) is 4.97. The van der Waals surface area contributed by atoms with Crippen LogP contribution in [0.25, 0.3) is 6.08 Å². The molecule has 1 aromatic carbocycles. The van der Waals surface area contributed by atoms with Crippen molar-refractivity contribution in [2.45, 2.75) is 13.3 Å². The quantitative estimate of drug-likeness (QED) is 0.629. The molecule has 22 heavy (non-hydrogen) atoms. The van der Waals surface area contributed by atoms with Crippen molar-refractivity contribution in [1.29, 1.82) is 0 Å². The van der Waals surface area contributed by atoms with Crippen molar-refractivity contribution in [2.24, 2.45) is 5.92 Å². The Morgan fingerprint density at radius 2 is 1.86 bits per heavy atom. The first-order chi connectivity index (χ1) is 10.4. The van der Waals surface area contributed by atoms with Gasteiger partial charge in [0, 0.05) is 6.08 Å². The lowest BCUT2D eigenvalue weighted by molar-refractivity contribution is -0.129. The fraction of sp³-hybridized carbons (Fsp3) is 0.333. The van der Waals surface area contributed by atoms with Crippen molar-refractivity contribution in [1.82, 2.24) is 10.9 Å². The van der Waals surface area contributed by atoms with Gasteiger partial charge in [-0.25, -0.2) is 8.42 Å². The first-order valence-corrected chi connectivity index (χ1v) is 8.73. The lowest BCUT2D eigenvalue weighted by Gasteiger charge is -2.09. The van der Waals surface area contributed by atoms with Crippen molar-refractivity contribution in [3.05, 3.63) is 41.5 Å². The Balaban J connectivity index is 1.80. The van der Waals surface area contributed by atoms with E-state index < -0.39 is 27.6 Å². The monoisotopic (exact) mass is 322 g/mol. The largest absolute Gasteiger partial charge is 0.273 e. The lowest BCUT2D eigenvalue weighted by Crippen LogP contribution is -2.44. The van der Waals surface area contributed by atoms with E-state index >= 15 is 0 Å². The van der Waals surface area contributed by atoms with Gasteiger partial charge in [0.15, 0.2) is 9.84 Å². The summed E-state index contributed by atoms with van der Waals surface area (Å²) in [6.45, 7) is 1.97. The molecule has 0 spiro atoms. The van der Waals surface area contributed by atoms with E-state index in [1.54, 1.807) is 6.08 Å². The molecule has 7 heteroatoms. The van der Waals surface area contributed by atoms with Crippen LogP contribution in [0, 0.1) is 12.8 Å². The van der Waals surface area contributed by atoms with Crippen LogP contribution in [0.2, 0.25) is 0 Å². The first-order valence-electron chi connectivity index (χ1n) is 6.91. The molecule has 1 saturated heterocycles. The molecule has 2 rings (SSSR count). The summed E-state index contributed by atoms with van der Waals surface area (Å²) in [4.78, 5) is 23.3. The molecule has 2 amide bonds. The number of hydrogen-bond acceptors (Lipinski definition) is 4. The predicted octanol–water partition coefficient (Wildman–Crippen LogP) is 0.590. The maximum atomic E-state index is 11.7. The molecular formula is C15H18N2O4S. The average molecular weight is 322 g/mol. The van der Waals surface area contributed by atoms with Crippen LogP contribution < -0.4 is 10.9 Å². The van der Waals surface area contributed by atoms with E-state index in [0.29, 0.717) is 6.42 Å². The number of hydrogen-bond donors (Lipinski definition) is 2. The van der Waals surface area contributed by atoms with Crippen molar-refractivity contribution in [3.8, 4) is 0 Å². The standard InChI is InChI=1S/C15H18N2O4S/c1-11-2-4-12(5-3-11)6-7-14(18)16-17-15(19)13-8-9-22(20,21)10-13/h2-7,13H,8-10H2,1H3,(H,16,18)(H,17,19)/b7-6+/t13-/m1/s1. The lowest BCUT2D eigenvalue weighted by atomic mass is 10.1. The van der Waals surface area contributed by atoms with Crippen LogP contribution in [0.3, 0.4) is 0 Å². The van der Waals surface area contributed by atoms with Crippen molar-refractivity contribution in [3.63, 3.8) is 0 Å². The van der Waals surface area contributed by atoms with Gasteiger partial charge >= 0.3 is 0 Å². The highest BCUT2D eigenvalue weighted by molar-refractivity contribution is 7.91. The van der Waals surface area contributed by atoms with Crippen LogP contribution >= 0.6 is 0 Å². The Hall–Kier alpha value is -2.15. The summed E-state index contributed by atoms with van der Waals surface area (Å²) in [6, 6.07) is 7.61. The average Bonchev–Trinajstić information content (AvgIpc) is 2.84. The van der Waals surface area contributed by atoms with Gasteiger partial charge in [-0.1, -0.05) is 29.8 Å². The van der Waals surface area contributed by atoms with E-state index in [9.17, 15) is 18.0 Å². The Bertz CT molecular complexity index is 693. The highest BCUT2D eigenvalue weighted by Crippen LogP contribution is 2.17. The molecule has 0 unspecified atom stereocenters. The number of hydrazine groups is 1. The van der Waals surface area contributed by atoms with E-state index in [1.165, 1.54) is 6.08 Å². The zero-order valence-corrected chi connectivity index (χ0v) is 13.0. The summed E-state index contributed by atoms with van der Waals surface area (Å²) in [5, 5.41) is 0. The number of amides is 2. The molecule has 1 fully saturated rings. The third-order valence-electron chi connectivity index (χ3n) is 3.42. The molecular weight excluding hydrogens is 304 g/mol. The second-order valence-corrected chi connectivity index (χ2v) is 7.55. The third-order valence-corrected chi connectivity index (χ3v) is 5.18. The molecule has 1 atom stereocenters. The van der Waals surface area contributed by atoms with Crippen LogP contribution in [0.5, 0.6) is 0 Å². The normalized spacial score (nSPS) is 20.0. The summed E-state index contributed by atoms with van der Waals surface area (Å²) in [6.07, 6.45) is 3.22. The fourth-order valence-electron chi connectivity index (χ4n) is 2.12. The summed E-state index contributed by atoms with van der Waals surface area (Å²) < 4.78 is 22.6. The molecule has 1 aromatic rings. The highest BCUT2D eigenvalue weighted by atomic mass is 32.2. The number of rotatable bonds is 3. The summed E-state index contributed by atoms with van der Waals surface area (Å²) in [7, 11) is -3.12. The molecule has 1 aliphatic rings. The van der Waals surface area contributed by atoms with Crippen LogP contribution in [-0.2, 0) is 19.4 Å². The Morgan fingerprint density at radius 3 is 2.45 bits per heavy atom. The Labute approximate surface area is 129 Å². The second kappa shape index (κ2) is 6.74. The topological polar surface area (TPSA) is 92.3 Å². The summed E-state index contributed by atoms with van der Waals surface area (Å²) in [5.41, 5.74) is 6.50. The molecule has 0 saturated carbocycles. The zero-order valence-electron chi connectivity index (χ0n) is 12.2. The molecule has 6 nitrogen and oxygen atoms in total. The summed E-state index contributed by atoms with van der Waals surface area (Å²) >= 11 is 0. The molecule has 0 bridgehead atoms. The number of sulfone groups is 1. The van der Waals surface area contributed by atoms with Crippen molar-refractivity contribution >= 4 is 27.7 Å². The zero-order chi connectivity index (χ0) is 16.2. The highest BCUT2D eigenvalue weighted by Gasteiger charge is 2.32. The van der Waals surface area contributed by atoms with E-state index in [1.807, 2.05) is 31.2 Å². The third kappa shape index (κ3) is 4.70. The van der Waals surface area contributed by atoms with Gasteiger partial charge in [-0.2, -0.15) is 0 Å². The number of carbonyl (C=O) groups is 2. The molecule has 0 aliphatic carbocycles. The van der Waals surface area contributed by atoms with Gasteiger partial charge in [0.05, 0.1) is 17.4 Å². The smallest absolute Gasteiger partial charge is 0.262 e. The molecule has 1 aliphatic heterocycles. The van der Waals surface area contributed by atoms with Crippen molar-refractivity contribution in [2.75, 3.05) is 11.5 Å². The van der Waals surface area contributed by atoms with Gasteiger partial charge in [0.2, 0.25) is 5.91 Å². The number of carbonyl (C=O) groups excluding carboxylic acids is 2. The minimum atomic E-state index is -3.12. The van der Waals surface area contributed by atoms with Gasteiger partial charge < -0.3 is 0 Å². The Morgan fingerprint density at radius 1 is 1.18 bits per heavy atom. The number of nitrogens with one attached hydrogen (secondary N) is 2. The molecule has 0 radical (unpaired) electrons. The number of benzene rings is 1.